The molecule has 0 unspecified atom stereocenters. The Morgan fingerprint density at radius 3 is 3.00 bits per heavy atom. The van der Waals surface area contributed by atoms with Crippen molar-refractivity contribution < 1.29 is 19.8 Å². The summed E-state index contributed by atoms with van der Waals surface area (Å²) in [6.07, 6.45) is 3.74. The Labute approximate surface area is 136 Å². The highest BCUT2D eigenvalue weighted by Gasteiger charge is 2.22. The van der Waals surface area contributed by atoms with Crippen LogP contribution < -0.4 is 4.73 Å². The van der Waals surface area contributed by atoms with E-state index < -0.39 is 12.0 Å². The molecule has 1 aromatic rings. The molecule has 2 N–H and O–H groups in total. The van der Waals surface area contributed by atoms with Crippen molar-refractivity contribution >= 4 is 33.4 Å². The fourth-order valence-corrected chi connectivity index (χ4v) is 4.06. The van der Waals surface area contributed by atoms with Crippen molar-refractivity contribution in [1.29, 1.82) is 0 Å². The maximum absolute atomic E-state index is 11.5. The van der Waals surface area contributed by atoms with Crippen LogP contribution in [0, 0.1) is 5.21 Å². The van der Waals surface area contributed by atoms with Crippen LogP contribution in [0.3, 0.4) is 0 Å². The predicted molar refractivity (Wildman–Crippen MR) is 84.9 cm³/mol. The predicted octanol–water partition coefficient (Wildman–Crippen LogP) is 1.79. The number of aliphatic imine (C=N–C) groups is 1. The van der Waals surface area contributed by atoms with E-state index in [1.165, 1.54) is 27.8 Å². The minimum absolute atomic E-state index is 0.215. The highest BCUT2D eigenvalue weighted by atomic mass is 33.1. The van der Waals surface area contributed by atoms with Gasteiger partial charge in [-0.1, -0.05) is 10.8 Å². The maximum atomic E-state index is 11.5. The van der Waals surface area contributed by atoms with Crippen LogP contribution in [-0.2, 0) is 4.79 Å². The first-order valence-electron chi connectivity index (χ1n) is 6.81. The Morgan fingerprint density at radius 2 is 2.32 bits per heavy atom. The number of piperidine rings is 1. The van der Waals surface area contributed by atoms with Gasteiger partial charge in [0.2, 0.25) is 0 Å². The van der Waals surface area contributed by atoms with Gasteiger partial charge in [0, 0.05) is 41.6 Å². The molecule has 1 aliphatic rings. The number of aliphatic carboxylic acids is 1. The standard InChI is InChI=1S/C13H17N3O4S2/c17-13(18)10(14-11-5-1-3-7-15(11)19)9-21-22-12-6-2-4-8-16(12)20/h2,4,6,8,10,19H,1,3,5,7,9H2,(H,17,18)/t10-/m1/s1. The summed E-state index contributed by atoms with van der Waals surface area (Å²) in [5, 5.41) is 31.9. The lowest BCUT2D eigenvalue weighted by Crippen LogP contribution is -2.35. The molecule has 1 fully saturated rings. The number of rotatable bonds is 6. The monoisotopic (exact) mass is 343 g/mol. The Bertz CT molecular complexity index is 556. The third-order valence-electron chi connectivity index (χ3n) is 3.07. The number of nitrogens with zero attached hydrogens (tertiary/aromatic N) is 3. The smallest absolute Gasteiger partial charge is 0.329 e. The van der Waals surface area contributed by atoms with Gasteiger partial charge in [0.05, 0.1) is 0 Å². The molecule has 0 bridgehead atoms. The zero-order valence-electron chi connectivity index (χ0n) is 11.8. The quantitative estimate of drug-likeness (QED) is 0.461. The summed E-state index contributed by atoms with van der Waals surface area (Å²) in [5.74, 6) is -0.405. The molecule has 22 heavy (non-hydrogen) atoms. The molecular formula is C13H17N3O4S2. The Hall–Kier alpha value is -1.45. The lowest BCUT2D eigenvalue weighted by molar-refractivity contribution is -0.645. The lowest BCUT2D eigenvalue weighted by atomic mass is 10.1. The molecule has 7 nitrogen and oxygen atoms in total. The molecule has 0 spiro atoms. The van der Waals surface area contributed by atoms with E-state index in [4.69, 9.17) is 0 Å². The van der Waals surface area contributed by atoms with Crippen LogP contribution in [0.4, 0.5) is 0 Å². The first-order chi connectivity index (χ1) is 10.6. The second-order valence-electron chi connectivity index (χ2n) is 4.71. The van der Waals surface area contributed by atoms with Crippen molar-refractivity contribution in [2.75, 3.05) is 12.3 Å². The summed E-state index contributed by atoms with van der Waals surface area (Å²) >= 11 is 0. The van der Waals surface area contributed by atoms with Gasteiger partial charge in [-0.3, -0.25) is 10.2 Å². The molecule has 0 amide bonds. The molecule has 0 aromatic carbocycles. The molecule has 0 saturated carbocycles. The van der Waals surface area contributed by atoms with Crippen LogP contribution in [0.15, 0.2) is 34.4 Å². The average molecular weight is 343 g/mol. The van der Waals surface area contributed by atoms with Crippen LogP contribution in [0.25, 0.3) is 0 Å². The van der Waals surface area contributed by atoms with Crippen molar-refractivity contribution in [3.8, 4) is 0 Å². The largest absolute Gasteiger partial charge is 0.618 e. The van der Waals surface area contributed by atoms with Crippen molar-refractivity contribution in [2.24, 2.45) is 4.99 Å². The molecule has 2 rings (SSSR count). The molecule has 1 aromatic heterocycles. The van der Waals surface area contributed by atoms with Crippen molar-refractivity contribution in [2.45, 2.75) is 30.3 Å². The van der Waals surface area contributed by atoms with Crippen LogP contribution >= 0.6 is 21.6 Å². The van der Waals surface area contributed by atoms with Gasteiger partial charge in [0.15, 0.2) is 12.2 Å². The summed E-state index contributed by atoms with van der Waals surface area (Å²) in [5.41, 5.74) is 0. The number of amidine groups is 1. The van der Waals surface area contributed by atoms with E-state index in [0.29, 0.717) is 23.8 Å². The molecule has 9 heteroatoms. The molecule has 120 valence electrons. The fourth-order valence-electron chi connectivity index (χ4n) is 1.91. The molecule has 2 heterocycles. The molecule has 1 aliphatic heterocycles. The lowest BCUT2D eigenvalue weighted by Gasteiger charge is -2.24. The summed E-state index contributed by atoms with van der Waals surface area (Å²) in [7, 11) is 2.47. The van der Waals surface area contributed by atoms with Crippen LogP contribution in [0.1, 0.15) is 19.3 Å². The van der Waals surface area contributed by atoms with E-state index >= 15 is 0 Å². The zero-order valence-corrected chi connectivity index (χ0v) is 13.4. The van der Waals surface area contributed by atoms with Crippen molar-refractivity contribution in [3.63, 3.8) is 0 Å². The minimum atomic E-state index is -1.04. The number of carboxylic acid groups (broad SMARTS) is 1. The van der Waals surface area contributed by atoms with Crippen molar-refractivity contribution in [1.82, 2.24) is 5.06 Å². The average Bonchev–Trinajstić information content (AvgIpc) is 2.50. The summed E-state index contributed by atoms with van der Waals surface area (Å²) in [6, 6.07) is 4.11. The van der Waals surface area contributed by atoms with Crippen LogP contribution in [0.5, 0.6) is 0 Å². The third kappa shape index (κ3) is 4.79. The number of hydrogen-bond donors (Lipinski definition) is 2. The number of carbonyl (C=O) groups is 1. The first-order valence-corrected chi connectivity index (χ1v) is 9.13. The molecule has 1 atom stereocenters. The number of carboxylic acids is 1. The van der Waals surface area contributed by atoms with Gasteiger partial charge in [0.1, 0.15) is 5.84 Å². The molecular weight excluding hydrogens is 326 g/mol. The van der Waals surface area contributed by atoms with Gasteiger partial charge in [0.25, 0.3) is 5.03 Å². The fraction of sp³-hybridized carbons (Fsp3) is 0.462. The summed E-state index contributed by atoms with van der Waals surface area (Å²) in [6.45, 7) is 0.479. The molecule has 1 saturated heterocycles. The van der Waals surface area contributed by atoms with E-state index in [1.807, 2.05) is 0 Å². The van der Waals surface area contributed by atoms with Gasteiger partial charge in [-0.05, 0) is 18.9 Å². The molecule has 0 aliphatic carbocycles. The SMILES string of the molecule is O=C(O)[C@@H](CSSc1cccc[n+]1[O-])N=C1CCCCN1O. The number of hydrogen-bond acceptors (Lipinski definition) is 6. The van der Waals surface area contributed by atoms with Gasteiger partial charge in [-0.2, -0.15) is 4.73 Å². The van der Waals surface area contributed by atoms with Gasteiger partial charge in [-0.15, -0.1) is 0 Å². The topological polar surface area (TPSA) is 100 Å². The van der Waals surface area contributed by atoms with E-state index in [0.717, 1.165) is 22.6 Å². The Balaban J connectivity index is 1.93. The highest BCUT2D eigenvalue weighted by Crippen LogP contribution is 2.29. The van der Waals surface area contributed by atoms with Crippen molar-refractivity contribution in [3.05, 3.63) is 29.6 Å². The van der Waals surface area contributed by atoms with Gasteiger partial charge in [-0.25, -0.2) is 9.86 Å². The Morgan fingerprint density at radius 1 is 1.50 bits per heavy atom. The maximum Gasteiger partial charge on any atom is 0.329 e. The van der Waals surface area contributed by atoms with E-state index in [-0.39, 0.29) is 5.75 Å². The molecule has 0 radical (unpaired) electrons. The second-order valence-corrected chi connectivity index (χ2v) is 7.07. The number of hydroxylamine groups is 2. The van der Waals surface area contributed by atoms with Crippen LogP contribution in [0.2, 0.25) is 0 Å². The Kier molecular flexibility index (Phi) is 6.34. The van der Waals surface area contributed by atoms with Gasteiger partial charge < -0.3 is 10.3 Å². The van der Waals surface area contributed by atoms with E-state index in [1.54, 1.807) is 18.2 Å². The van der Waals surface area contributed by atoms with Crippen LogP contribution in [-0.4, -0.2) is 45.5 Å². The van der Waals surface area contributed by atoms with E-state index in [2.05, 4.69) is 4.99 Å². The third-order valence-corrected chi connectivity index (χ3v) is 5.40. The number of aromatic nitrogens is 1. The second kappa shape index (κ2) is 8.25. The van der Waals surface area contributed by atoms with Gasteiger partial charge >= 0.3 is 5.97 Å². The number of pyridine rings is 1. The van der Waals surface area contributed by atoms with E-state index in [9.17, 15) is 20.3 Å². The first kappa shape index (κ1) is 16.9. The highest BCUT2D eigenvalue weighted by molar-refractivity contribution is 8.76. The normalized spacial score (nSPS) is 18.4. The summed E-state index contributed by atoms with van der Waals surface area (Å²) in [4.78, 5) is 15.4. The minimum Gasteiger partial charge on any atom is -0.618 e. The summed E-state index contributed by atoms with van der Waals surface area (Å²) < 4.78 is 0.732. The zero-order chi connectivity index (χ0) is 15.9.